The minimum absolute atomic E-state index is 0.0450. The number of nitrogens with zero attached hydrogens (tertiary/aromatic N) is 1. The van der Waals surface area contributed by atoms with Crippen molar-refractivity contribution in [3.05, 3.63) is 24.3 Å². The molecule has 1 aliphatic carbocycles. The summed E-state index contributed by atoms with van der Waals surface area (Å²) in [6.45, 7) is 11.0. The summed E-state index contributed by atoms with van der Waals surface area (Å²) in [5, 5.41) is 3.02. The van der Waals surface area contributed by atoms with E-state index < -0.39 is 5.60 Å². The van der Waals surface area contributed by atoms with Crippen molar-refractivity contribution < 1.29 is 14.3 Å². The van der Waals surface area contributed by atoms with E-state index in [0.29, 0.717) is 19.1 Å². The third-order valence-electron chi connectivity index (χ3n) is 6.08. The molecule has 1 saturated carbocycles. The van der Waals surface area contributed by atoms with Gasteiger partial charge in [-0.15, -0.1) is 0 Å². The summed E-state index contributed by atoms with van der Waals surface area (Å²) in [5.41, 5.74) is 0.0613. The van der Waals surface area contributed by atoms with Crippen LogP contribution in [0.3, 0.4) is 0 Å². The normalized spacial score (nSPS) is 20.5. The fourth-order valence-electron chi connectivity index (χ4n) is 3.79. The van der Waals surface area contributed by atoms with Gasteiger partial charge in [-0.25, -0.2) is 0 Å². The molecule has 0 radical (unpaired) electrons. The standard InChI is InChI=1S/C23H36N2O3/c1-4-16-28-23(3,19-5-6-19)22(26)24-20-7-9-21(10-8-20)27-17-15-25-13-11-18(2)12-14-25/h7-10,18-19H,4-6,11-17H2,1-3H3,(H,24,26). The van der Waals surface area contributed by atoms with Gasteiger partial charge in [0.2, 0.25) is 0 Å². The van der Waals surface area contributed by atoms with Gasteiger partial charge in [-0.2, -0.15) is 0 Å². The molecule has 28 heavy (non-hydrogen) atoms. The van der Waals surface area contributed by atoms with Gasteiger partial charge in [-0.3, -0.25) is 9.69 Å². The Kier molecular flexibility index (Phi) is 7.36. The molecule has 0 aromatic heterocycles. The van der Waals surface area contributed by atoms with Crippen LogP contribution in [-0.4, -0.2) is 49.3 Å². The topological polar surface area (TPSA) is 50.8 Å². The first-order valence-corrected chi connectivity index (χ1v) is 10.9. The van der Waals surface area contributed by atoms with E-state index in [9.17, 15) is 4.79 Å². The molecular weight excluding hydrogens is 352 g/mol. The SMILES string of the molecule is CCCOC(C)(C(=O)Nc1ccc(OCCN2CCC(C)CC2)cc1)C1CC1. The van der Waals surface area contributed by atoms with Gasteiger partial charge in [-0.05, 0) is 88.2 Å². The lowest BCUT2D eigenvalue weighted by molar-refractivity contribution is -0.142. The van der Waals surface area contributed by atoms with Gasteiger partial charge in [0.1, 0.15) is 18.0 Å². The van der Waals surface area contributed by atoms with E-state index in [4.69, 9.17) is 9.47 Å². The molecule has 0 bridgehead atoms. The van der Waals surface area contributed by atoms with Crippen LogP contribution in [0.15, 0.2) is 24.3 Å². The first kappa shape index (κ1) is 21.1. The fourth-order valence-corrected chi connectivity index (χ4v) is 3.79. The number of carbonyl (C=O) groups excluding carboxylic acids is 1. The lowest BCUT2D eigenvalue weighted by Crippen LogP contribution is -2.45. The molecule has 1 aromatic carbocycles. The first-order valence-electron chi connectivity index (χ1n) is 10.9. The quantitative estimate of drug-likeness (QED) is 0.648. The molecule has 5 nitrogen and oxygen atoms in total. The van der Waals surface area contributed by atoms with Gasteiger partial charge in [-0.1, -0.05) is 13.8 Å². The van der Waals surface area contributed by atoms with Crippen molar-refractivity contribution in [3.8, 4) is 5.75 Å². The number of piperidine rings is 1. The number of rotatable bonds is 10. The molecule has 1 aliphatic heterocycles. The summed E-state index contributed by atoms with van der Waals surface area (Å²) < 4.78 is 11.8. The molecule has 2 aliphatic rings. The largest absolute Gasteiger partial charge is 0.492 e. The summed E-state index contributed by atoms with van der Waals surface area (Å²) in [6.07, 6.45) is 5.62. The maximum absolute atomic E-state index is 12.8. The van der Waals surface area contributed by atoms with Crippen LogP contribution in [0, 0.1) is 11.8 Å². The molecular formula is C23H36N2O3. The van der Waals surface area contributed by atoms with Crippen molar-refractivity contribution in [2.45, 2.75) is 58.5 Å². The lowest BCUT2D eigenvalue weighted by Gasteiger charge is -2.30. The maximum atomic E-state index is 12.8. The van der Waals surface area contributed by atoms with Crippen LogP contribution in [0.5, 0.6) is 5.75 Å². The average Bonchev–Trinajstić information content (AvgIpc) is 3.55. The van der Waals surface area contributed by atoms with E-state index in [0.717, 1.165) is 43.2 Å². The highest BCUT2D eigenvalue weighted by atomic mass is 16.5. The van der Waals surface area contributed by atoms with Crippen molar-refractivity contribution in [3.63, 3.8) is 0 Å². The molecule has 1 atom stereocenters. The van der Waals surface area contributed by atoms with Crippen molar-refractivity contribution in [1.29, 1.82) is 0 Å². The monoisotopic (exact) mass is 388 g/mol. The number of benzene rings is 1. The van der Waals surface area contributed by atoms with Crippen LogP contribution in [0.2, 0.25) is 0 Å². The van der Waals surface area contributed by atoms with E-state index >= 15 is 0 Å². The minimum atomic E-state index is -0.725. The molecule has 1 amide bonds. The third kappa shape index (κ3) is 5.71. The van der Waals surface area contributed by atoms with Crippen LogP contribution < -0.4 is 10.1 Å². The van der Waals surface area contributed by atoms with Gasteiger partial charge in [0.05, 0.1) is 0 Å². The highest BCUT2D eigenvalue weighted by molar-refractivity contribution is 5.97. The number of amides is 1. The summed E-state index contributed by atoms with van der Waals surface area (Å²) in [5.74, 6) is 1.99. The molecule has 1 N–H and O–H groups in total. The second-order valence-corrected chi connectivity index (χ2v) is 8.58. The number of nitrogens with one attached hydrogen (secondary N) is 1. The zero-order valence-corrected chi connectivity index (χ0v) is 17.7. The molecule has 1 heterocycles. The van der Waals surface area contributed by atoms with Crippen LogP contribution in [0.4, 0.5) is 5.69 Å². The fraction of sp³-hybridized carbons (Fsp3) is 0.696. The Morgan fingerprint density at radius 2 is 1.82 bits per heavy atom. The van der Waals surface area contributed by atoms with Gasteiger partial charge < -0.3 is 14.8 Å². The van der Waals surface area contributed by atoms with Gasteiger partial charge in [0.25, 0.3) is 5.91 Å². The Hall–Kier alpha value is -1.59. The number of hydrogen-bond acceptors (Lipinski definition) is 4. The van der Waals surface area contributed by atoms with Crippen LogP contribution in [0.1, 0.15) is 52.9 Å². The Balaban J connectivity index is 1.45. The number of likely N-dealkylation sites (tertiary alicyclic amines) is 1. The number of ether oxygens (including phenoxy) is 2. The molecule has 156 valence electrons. The Labute approximate surface area is 169 Å². The smallest absolute Gasteiger partial charge is 0.256 e. The van der Waals surface area contributed by atoms with E-state index in [1.54, 1.807) is 0 Å². The molecule has 0 spiro atoms. The third-order valence-corrected chi connectivity index (χ3v) is 6.08. The average molecular weight is 389 g/mol. The number of hydrogen-bond donors (Lipinski definition) is 1. The predicted octanol–water partition coefficient (Wildman–Crippen LogP) is 4.33. The van der Waals surface area contributed by atoms with Crippen LogP contribution in [-0.2, 0) is 9.53 Å². The van der Waals surface area contributed by atoms with Crippen LogP contribution >= 0.6 is 0 Å². The zero-order chi connectivity index (χ0) is 20.0. The van der Waals surface area contributed by atoms with E-state index in [1.165, 1.54) is 25.9 Å². The predicted molar refractivity (Wildman–Crippen MR) is 113 cm³/mol. The molecule has 5 heteroatoms. The Morgan fingerprint density at radius 3 is 2.43 bits per heavy atom. The van der Waals surface area contributed by atoms with Gasteiger partial charge in [0.15, 0.2) is 0 Å². The molecule has 1 unspecified atom stereocenters. The summed E-state index contributed by atoms with van der Waals surface area (Å²) >= 11 is 0. The molecule has 3 rings (SSSR count). The second kappa shape index (κ2) is 9.75. The lowest BCUT2D eigenvalue weighted by atomic mass is 9.98. The summed E-state index contributed by atoms with van der Waals surface area (Å²) in [6, 6.07) is 7.66. The maximum Gasteiger partial charge on any atom is 0.256 e. The highest BCUT2D eigenvalue weighted by Gasteiger charge is 2.48. The Morgan fingerprint density at radius 1 is 1.14 bits per heavy atom. The van der Waals surface area contributed by atoms with Crippen LogP contribution in [0.25, 0.3) is 0 Å². The van der Waals surface area contributed by atoms with Crippen molar-refractivity contribution >= 4 is 11.6 Å². The molecule has 2 fully saturated rings. The summed E-state index contributed by atoms with van der Waals surface area (Å²) in [7, 11) is 0. The van der Waals surface area contributed by atoms with E-state index in [1.807, 2.05) is 31.2 Å². The van der Waals surface area contributed by atoms with Gasteiger partial charge >= 0.3 is 0 Å². The van der Waals surface area contributed by atoms with Crippen molar-refractivity contribution in [2.24, 2.45) is 11.8 Å². The second-order valence-electron chi connectivity index (χ2n) is 8.58. The van der Waals surface area contributed by atoms with E-state index in [2.05, 4.69) is 24.1 Å². The minimum Gasteiger partial charge on any atom is -0.492 e. The molecule has 1 saturated heterocycles. The van der Waals surface area contributed by atoms with Crippen molar-refractivity contribution in [1.82, 2.24) is 4.90 Å². The highest BCUT2D eigenvalue weighted by Crippen LogP contribution is 2.42. The van der Waals surface area contributed by atoms with Gasteiger partial charge in [0, 0.05) is 18.8 Å². The molecule has 1 aromatic rings. The van der Waals surface area contributed by atoms with Crippen molar-refractivity contribution in [2.75, 3.05) is 38.2 Å². The Bertz CT molecular complexity index is 621. The van der Waals surface area contributed by atoms with E-state index in [-0.39, 0.29) is 5.91 Å². The number of anilines is 1. The summed E-state index contributed by atoms with van der Waals surface area (Å²) in [4.78, 5) is 15.3. The number of carbonyl (C=O) groups is 1. The zero-order valence-electron chi connectivity index (χ0n) is 17.7. The first-order chi connectivity index (χ1) is 13.5.